The molecule has 0 spiro atoms. The summed E-state index contributed by atoms with van der Waals surface area (Å²) in [6, 6.07) is 13.2. The van der Waals surface area contributed by atoms with E-state index >= 15 is 0 Å². The Morgan fingerprint density at radius 1 is 1.13 bits per heavy atom. The van der Waals surface area contributed by atoms with Crippen molar-refractivity contribution in [2.45, 2.75) is 31.9 Å². The molecule has 1 atom stereocenters. The van der Waals surface area contributed by atoms with Crippen LogP contribution in [0.2, 0.25) is 0 Å². The van der Waals surface area contributed by atoms with Gasteiger partial charge in [0, 0.05) is 19.6 Å². The zero-order chi connectivity index (χ0) is 21.8. The summed E-state index contributed by atoms with van der Waals surface area (Å²) in [5.41, 5.74) is 1.26. The van der Waals surface area contributed by atoms with E-state index in [1.54, 1.807) is 6.07 Å². The zero-order valence-corrected chi connectivity index (χ0v) is 16.8. The Hall–Kier alpha value is -3.17. The first-order valence-corrected chi connectivity index (χ1v) is 10.3. The maximum Gasteiger partial charge on any atom is 0.453 e. The largest absolute Gasteiger partial charge is 0.453 e. The second-order valence-corrected chi connectivity index (χ2v) is 7.65. The third-order valence-electron chi connectivity index (χ3n) is 5.40. The van der Waals surface area contributed by atoms with Crippen LogP contribution in [0.1, 0.15) is 30.7 Å². The molecule has 164 valence electrons. The van der Waals surface area contributed by atoms with Gasteiger partial charge in [-0.3, -0.25) is 4.79 Å². The van der Waals surface area contributed by atoms with Crippen LogP contribution in [-0.4, -0.2) is 45.4 Å². The number of fused-ring (bicyclic) bond motifs is 1. The number of carbonyl (C=O) groups excluding carboxylic acids is 1. The lowest BCUT2D eigenvalue weighted by atomic mass is 9.97. The molecule has 4 rings (SSSR count). The minimum Gasteiger partial charge on any atom is -0.356 e. The molecule has 1 amide bonds. The van der Waals surface area contributed by atoms with Crippen LogP contribution in [0.25, 0.3) is 5.65 Å². The number of aromatic nitrogens is 4. The van der Waals surface area contributed by atoms with Crippen molar-refractivity contribution in [2.75, 3.05) is 24.5 Å². The van der Waals surface area contributed by atoms with E-state index in [2.05, 4.69) is 32.7 Å². The average Bonchev–Trinajstić information content (AvgIpc) is 3.21. The van der Waals surface area contributed by atoms with Gasteiger partial charge in [0.2, 0.25) is 5.91 Å². The van der Waals surface area contributed by atoms with E-state index in [9.17, 15) is 18.0 Å². The summed E-state index contributed by atoms with van der Waals surface area (Å²) in [6.45, 7) is 1.62. The van der Waals surface area contributed by atoms with Gasteiger partial charge in [-0.2, -0.15) is 17.7 Å². The molecule has 7 nitrogen and oxygen atoms in total. The third kappa shape index (κ3) is 4.95. The van der Waals surface area contributed by atoms with Crippen LogP contribution < -0.4 is 10.2 Å². The number of halogens is 3. The molecule has 0 bridgehead atoms. The second kappa shape index (κ2) is 8.91. The van der Waals surface area contributed by atoms with Crippen LogP contribution in [0.4, 0.5) is 19.0 Å². The molecule has 0 unspecified atom stereocenters. The van der Waals surface area contributed by atoms with E-state index < -0.39 is 12.0 Å². The Morgan fingerprint density at radius 2 is 1.94 bits per heavy atom. The summed E-state index contributed by atoms with van der Waals surface area (Å²) in [7, 11) is 0. The molecule has 0 saturated carbocycles. The highest BCUT2D eigenvalue weighted by atomic mass is 19.4. The maximum absolute atomic E-state index is 13.1. The van der Waals surface area contributed by atoms with Gasteiger partial charge in [-0.1, -0.05) is 30.3 Å². The first-order chi connectivity index (χ1) is 14.9. The molecule has 3 aromatic rings. The Morgan fingerprint density at radius 3 is 2.71 bits per heavy atom. The number of carbonyl (C=O) groups is 1. The van der Waals surface area contributed by atoms with E-state index in [-0.39, 0.29) is 17.5 Å². The molecular weight excluding hydrogens is 409 g/mol. The SMILES string of the molecule is O=C(NCCCc1ccccc1)[C@H]1CCCN(c2ccc3nnc(C(F)(F)F)n3n2)C1. The van der Waals surface area contributed by atoms with Crippen LogP contribution in [-0.2, 0) is 17.4 Å². The standard InChI is InChI=1S/C21H23F3N6O/c22-21(23,24)20-27-26-17-10-11-18(28-30(17)20)29-13-5-9-16(14-29)19(31)25-12-4-8-15-6-2-1-3-7-15/h1-3,6-7,10-11,16H,4-5,8-9,12-14H2,(H,25,31)/t16-/m0/s1. The highest BCUT2D eigenvalue weighted by molar-refractivity contribution is 5.79. The molecule has 2 aromatic heterocycles. The van der Waals surface area contributed by atoms with Crippen molar-refractivity contribution in [3.8, 4) is 0 Å². The molecule has 1 N–H and O–H groups in total. The fourth-order valence-corrected chi connectivity index (χ4v) is 3.82. The minimum atomic E-state index is -4.64. The normalized spacial score (nSPS) is 17.1. The Kier molecular flexibility index (Phi) is 6.06. The van der Waals surface area contributed by atoms with E-state index in [1.165, 1.54) is 11.6 Å². The first kappa shape index (κ1) is 21.1. The molecule has 1 aliphatic rings. The van der Waals surface area contributed by atoms with E-state index in [4.69, 9.17) is 0 Å². The second-order valence-electron chi connectivity index (χ2n) is 7.65. The van der Waals surface area contributed by atoms with Crippen LogP contribution in [0.15, 0.2) is 42.5 Å². The van der Waals surface area contributed by atoms with Crippen molar-refractivity contribution in [3.05, 3.63) is 53.9 Å². The molecule has 0 radical (unpaired) electrons. The van der Waals surface area contributed by atoms with Crippen molar-refractivity contribution < 1.29 is 18.0 Å². The van der Waals surface area contributed by atoms with E-state index in [0.29, 0.717) is 30.0 Å². The molecule has 31 heavy (non-hydrogen) atoms. The summed E-state index contributed by atoms with van der Waals surface area (Å²) in [5, 5.41) is 13.8. The number of piperidine rings is 1. The minimum absolute atomic E-state index is 0.0285. The Labute approximate surface area is 177 Å². The Balaban J connectivity index is 1.36. The molecule has 1 aromatic carbocycles. The zero-order valence-electron chi connectivity index (χ0n) is 16.8. The van der Waals surface area contributed by atoms with Gasteiger partial charge in [-0.15, -0.1) is 15.3 Å². The molecule has 1 fully saturated rings. The van der Waals surface area contributed by atoms with E-state index in [1.807, 2.05) is 23.1 Å². The number of anilines is 1. The van der Waals surface area contributed by atoms with Crippen molar-refractivity contribution >= 4 is 17.4 Å². The highest BCUT2D eigenvalue weighted by Crippen LogP contribution is 2.28. The fraction of sp³-hybridized carbons (Fsp3) is 0.429. The summed E-state index contributed by atoms with van der Waals surface area (Å²) < 4.78 is 40.1. The first-order valence-electron chi connectivity index (χ1n) is 10.3. The van der Waals surface area contributed by atoms with Gasteiger partial charge in [0.15, 0.2) is 5.65 Å². The average molecular weight is 432 g/mol. The number of alkyl halides is 3. The number of aryl methyl sites for hydroxylation is 1. The molecule has 10 heteroatoms. The highest BCUT2D eigenvalue weighted by Gasteiger charge is 2.38. The van der Waals surface area contributed by atoms with Gasteiger partial charge >= 0.3 is 6.18 Å². The van der Waals surface area contributed by atoms with Crippen LogP contribution in [0.5, 0.6) is 0 Å². The van der Waals surface area contributed by atoms with Crippen molar-refractivity contribution in [2.24, 2.45) is 5.92 Å². The summed E-state index contributed by atoms with van der Waals surface area (Å²) in [5.74, 6) is -1.04. The third-order valence-corrected chi connectivity index (χ3v) is 5.40. The molecule has 1 saturated heterocycles. The van der Waals surface area contributed by atoms with Gasteiger partial charge in [0.25, 0.3) is 5.82 Å². The number of hydrogen-bond donors (Lipinski definition) is 1. The van der Waals surface area contributed by atoms with Gasteiger partial charge < -0.3 is 10.2 Å². The molecule has 0 aliphatic carbocycles. The number of rotatable bonds is 6. The maximum atomic E-state index is 13.1. The van der Waals surface area contributed by atoms with Gasteiger partial charge in [-0.05, 0) is 43.4 Å². The summed E-state index contributed by atoms with van der Waals surface area (Å²) in [6.07, 6.45) is -1.41. The van der Waals surface area contributed by atoms with Crippen molar-refractivity contribution in [1.82, 2.24) is 25.1 Å². The van der Waals surface area contributed by atoms with E-state index in [0.717, 1.165) is 25.7 Å². The Bertz CT molecular complexity index is 1040. The number of amides is 1. The van der Waals surface area contributed by atoms with Crippen molar-refractivity contribution in [1.29, 1.82) is 0 Å². The van der Waals surface area contributed by atoms with Crippen LogP contribution in [0.3, 0.4) is 0 Å². The monoisotopic (exact) mass is 432 g/mol. The molecule has 1 aliphatic heterocycles. The topological polar surface area (TPSA) is 75.4 Å². The predicted molar refractivity (Wildman–Crippen MR) is 108 cm³/mol. The lowest BCUT2D eigenvalue weighted by Crippen LogP contribution is -2.43. The molecular formula is C21H23F3N6O. The number of nitrogens with one attached hydrogen (secondary N) is 1. The van der Waals surface area contributed by atoms with Crippen LogP contribution in [0, 0.1) is 5.92 Å². The summed E-state index contributed by atoms with van der Waals surface area (Å²) in [4.78, 5) is 14.5. The predicted octanol–water partition coefficient (Wildman–Crippen LogP) is 3.11. The number of nitrogens with zero attached hydrogens (tertiary/aromatic N) is 5. The smallest absolute Gasteiger partial charge is 0.356 e. The van der Waals surface area contributed by atoms with Crippen LogP contribution >= 0.6 is 0 Å². The van der Waals surface area contributed by atoms with Gasteiger partial charge in [-0.25, -0.2) is 0 Å². The van der Waals surface area contributed by atoms with Crippen molar-refractivity contribution in [3.63, 3.8) is 0 Å². The lowest BCUT2D eigenvalue weighted by molar-refractivity contribution is -0.146. The fourth-order valence-electron chi connectivity index (χ4n) is 3.82. The van der Waals surface area contributed by atoms with Gasteiger partial charge in [0.05, 0.1) is 5.92 Å². The number of hydrogen-bond acceptors (Lipinski definition) is 5. The summed E-state index contributed by atoms with van der Waals surface area (Å²) >= 11 is 0. The lowest BCUT2D eigenvalue weighted by Gasteiger charge is -2.32. The molecule has 3 heterocycles. The quantitative estimate of drug-likeness (QED) is 0.606. The number of benzene rings is 1. The van der Waals surface area contributed by atoms with Gasteiger partial charge in [0.1, 0.15) is 5.82 Å².